The molecule has 2 atom stereocenters. The van der Waals surface area contributed by atoms with Gasteiger partial charge in [0, 0.05) is 24.9 Å². The number of carbonyl (C=O) groups is 2. The molecular formula is C25H28F2N4O3. The van der Waals surface area contributed by atoms with Gasteiger partial charge >= 0.3 is 6.03 Å². The van der Waals surface area contributed by atoms with Gasteiger partial charge in [-0.25, -0.2) is 13.6 Å². The second-order valence-electron chi connectivity index (χ2n) is 9.25. The van der Waals surface area contributed by atoms with Crippen LogP contribution >= 0.6 is 0 Å². The first-order valence-electron chi connectivity index (χ1n) is 11.8. The predicted molar refractivity (Wildman–Crippen MR) is 119 cm³/mol. The molecule has 3 aliphatic rings. The van der Waals surface area contributed by atoms with Gasteiger partial charge in [0.05, 0.1) is 18.3 Å². The van der Waals surface area contributed by atoms with Crippen molar-refractivity contribution >= 4 is 11.9 Å². The molecule has 2 aromatic rings. The number of nitrogens with one attached hydrogen (secondary N) is 1. The van der Waals surface area contributed by atoms with Gasteiger partial charge in [0.1, 0.15) is 11.6 Å². The Balaban J connectivity index is 1.36. The number of pyridine rings is 1. The van der Waals surface area contributed by atoms with Crippen molar-refractivity contribution < 1.29 is 23.1 Å². The highest BCUT2D eigenvalue weighted by Gasteiger charge is 2.58. The SMILES string of the molecule is O=C1N[C@@](c2ccccn2)(C2CCN(Cc3c(F)cccc3F)CC2)C(=O)N1C[C@@H]1CCCO1. The van der Waals surface area contributed by atoms with Crippen molar-refractivity contribution in [3.63, 3.8) is 0 Å². The molecular weight excluding hydrogens is 442 g/mol. The molecule has 4 heterocycles. The summed E-state index contributed by atoms with van der Waals surface area (Å²) < 4.78 is 33.9. The number of ether oxygens (including phenoxy) is 1. The van der Waals surface area contributed by atoms with Gasteiger partial charge in [0.15, 0.2) is 5.54 Å². The van der Waals surface area contributed by atoms with Gasteiger partial charge in [0.25, 0.3) is 5.91 Å². The lowest BCUT2D eigenvalue weighted by Crippen LogP contribution is -2.54. The molecule has 1 aromatic heterocycles. The second kappa shape index (κ2) is 9.38. The molecule has 7 nitrogen and oxygen atoms in total. The summed E-state index contributed by atoms with van der Waals surface area (Å²) in [4.78, 5) is 34.5. The topological polar surface area (TPSA) is 74.8 Å². The molecule has 0 spiro atoms. The lowest BCUT2D eigenvalue weighted by molar-refractivity contribution is -0.135. The predicted octanol–water partition coefficient (Wildman–Crippen LogP) is 3.20. The molecule has 3 amide bonds. The first-order chi connectivity index (χ1) is 16.5. The zero-order valence-electron chi connectivity index (χ0n) is 18.9. The minimum atomic E-state index is -1.26. The van der Waals surface area contributed by atoms with Crippen LogP contribution < -0.4 is 5.32 Å². The molecule has 1 N–H and O–H groups in total. The smallest absolute Gasteiger partial charge is 0.325 e. The van der Waals surface area contributed by atoms with Crippen molar-refractivity contribution in [3.05, 3.63) is 65.5 Å². The summed E-state index contributed by atoms with van der Waals surface area (Å²) in [5.41, 5.74) is -0.693. The summed E-state index contributed by atoms with van der Waals surface area (Å²) in [6.07, 6.45) is 4.36. The van der Waals surface area contributed by atoms with Crippen molar-refractivity contribution in [2.24, 2.45) is 5.92 Å². The molecule has 0 radical (unpaired) electrons. The van der Waals surface area contributed by atoms with E-state index in [1.54, 1.807) is 18.3 Å². The number of imide groups is 1. The first-order valence-corrected chi connectivity index (χ1v) is 11.8. The zero-order valence-corrected chi connectivity index (χ0v) is 18.9. The summed E-state index contributed by atoms with van der Waals surface area (Å²) in [6, 6.07) is 8.80. The maximum absolute atomic E-state index is 14.1. The Morgan fingerprint density at radius 2 is 1.82 bits per heavy atom. The van der Waals surface area contributed by atoms with Crippen LogP contribution in [0.2, 0.25) is 0 Å². The van der Waals surface area contributed by atoms with Crippen LogP contribution in [0.1, 0.15) is 36.9 Å². The Labute approximate surface area is 197 Å². The molecule has 0 aliphatic carbocycles. The number of likely N-dealkylation sites (tertiary alicyclic amines) is 1. The highest BCUT2D eigenvalue weighted by molar-refractivity contribution is 6.07. The number of aromatic nitrogens is 1. The summed E-state index contributed by atoms with van der Waals surface area (Å²) in [7, 11) is 0. The zero-order chi connectivity index (χ0) is 23.7. The number of amides is 3. The number of urea groups is 1. The van der Waals surface area contributed by atoms with E-state index in [4.69, 9.17) is 4.74 Å². The molecule has 3 aliphatic heterocycles. The van der Waals surface area contributed by atoms with Crippen molar-refractivity contribution in [2.45, 2.75) is 43.9 Å². The number of hydrogen-bond donors (Lipinski definition) is 1. The van der Waals surface area contributed by atoms with Crippen LogP contribution in [-0.2, 0) is 21.6 Å². The fourth-order valence-electron chi connectivity index (χ4n) is 5.44. The summed E-state index contributed by atoms with van der Waals surface area (Å²) in [6.45, 7) is 2.11. The highest BCUT2D eigenvalue weighted by atomic mass is 19.1. The third-order valence-corrected chi connectivity index (χ3v) is 7.25. The number of benzene rings is 1. The van der Waals surface area contributed by atoms with E-state index in [-0.39, 0.29) is 36.6 Å². The van der Waals surface area contributed by atoms with E-state index in [1.807, 2.05) is 11.0 Å². The van der Waals surface area contributed by atoms with E-state index in [0.717, 1.165) is 12.8 Å². The van der Waals surface area contributed by atoms with Gasteiger partial charge in [-0.15, -0.1) is 0 Å². The van der Waals surface area contributed by atoms with Gasteiger partial charge < -0.3 is 10.1 Å². The molecule has 5 rings (SSSR count). The molecule has 3 saturated heterocycles. The Bertz CT molecular complexity index is 1040. The fourth-order valence-corrected chi connectivity index (χ4v) is 5.44. The van der Waals surface area contributed by atoms with Crippen LogP contribution in [0.25, 0.3) is 0 Å². The summed E-state index contributed by atoms with van der Waals surface area (Å²) in [5.74, 6) is -1.62. The van der Waals surface area contributed by atoms with E-state index in [1.165, 1.54) is 23.1 Å². The third-order valence-electron chi connectivity index (χ3n) is 7.25. The van der Waals surface area contributed by atoms with Crippen LogP contribution in [0.5, 0.6) is 0 Å². The molecule has 1 aromatic carbocycles. The number of halogens is 2. The first kappa shape index (κ1) is 22.9. The number of hydrogen-bond acceptors (Lipinski definition) is 5. The Morgan fingerprint density at radius 1 is 1.06 bits per heavy atom. The monoisotopic (exact) mass is 470 g/mol. The van der Waals surface area contributed by atoms with Crippen molar-refractivity contribution in [3.8, 4) is 0 Å². The van der Waals surface area contributed by atoms with Crippen molar-refractivity contribution in [1.82, 2.24) is 20.1 Å². The standard InChI is InChI=1S/C25H28F2N4O3/c26-20-6-3-7-21(27)19(20)16-30-12-9-17(10-13-30)25(22-8-1-2-11-28-22)23(32)31(24(33)29-25)15-18-5-4-14-34-18/h1-3,6-8,11,17-18H,4-5,9-10,12-16H2,(H,29,33)/t18-,25+/m0/s1. The molecule has 9 heteroatoms. The van der Waals surface area contributed by atoms with Gasteiger partial charge in [-0.05, 0) is 69.0 Å². The van der Waals surface area contributed by atoms with Crippen LogP contribution in [0.4, 0.5) is 13.6 Å². The molecule has 180 valence electrons. The molecule has 0 saturated carbocycles. The van der Waals surface area contributed by atoms with E-state index in [2.05, 4.69) is 10.3 Å². The average Bonchev–Trinajstić information content (AvgIpc) is 3.45. The van der Waals surface area contributed by atoms with Crippen molar-refractivity contribution in [2.75, 3.05) is 26.2 Å². The van der Waals surface area contributed by atoms with Gasteiger partial charge in [0.2, 0.25) is 0 Å². The molecule has 34 heavy (non-hydrogen) atoms. The normalized spacial score (nSPS) is 26.3. The number of rotatable bonds is 6. The Hall–Kier alpha value is -2.91. The van der Waals surface area contributed by atoms with Crippen LogP contribution in [-0.4, -0.2) is 59.1 Å². The van der Waals surface area contributed by atoms with Crippen molar-refractivity contribution in [1.29, 1.82) is 0 Å². The number of carbonyl (C=O) groups excluding carboxylic acids is 2. The largest absolute Gasteiger partial charge is 0.376 e. The molecule has 3 fully saturated rings. The Kier molecular flexibility index (Phi) is 6.31. The summed E-state index contributed by atoms with van der Waals surface area (Å²) in [5, 5.41) is 2.99. The lowest BCUT2D eigenvalue weighted by atomic mass is 9.75. The minimum absolute atomic E-state index is 0.0494. The maximum Gasteiger partial charge on any atom is 0.325 e. The average molecular weight is 471 g/mol. The highest BCUT2D eigenvalue weighted by Crippen LogP contribution is 2.41. The third kappa shape index (κ3) is 4.07. The Morgan fingerprint density at radius 3 is 2.47 bits per heavy atom. The van der Waals surface area contributed by atoms with E-state index < -0.39 is 23.2 Å². The molecule has 0 bridgehead atoms. The molecule has 0 unspecified atom stereocenters. The second-order valence-corrected chi connectivity index (χ2v) is 9.25. The summed E-state index contributed by atoms with van der Waals surface area (Å²) >= 11 is 0. The quantitative estimate of drug-likeness (QED) is 0.657. The minimum Gasteiger partial charge on any atom is -0.376 e. The number of nitrogens with zero attached hydrogens (tertiary/aromatic N) is 3. The lowest BCUT2D eigenvalue weighted by Gasteiger charge is -2.40. The van der Waals surface area contributed by atoms with Gasteiger partial charge in [-0.3, -0.25) is 19.6 Å². The van der Waals surface area contributed by atoms with E-state index >= 15 is 0 Å². The maximum atomic E-state index is 14.1. The fraction of sp³-hybridized carbons (Fsp3) is 0.480. The van der Waals surface area contributed by atoms with Crippen LogP contribution in [0.3, 0.4) is 0 Å². The van der Waals surface area contributed by atoms with Crippen LogP contribution in [0.15, 0.2) is 42.6 Å². The number of piperidine rings is 1. The van der Waals surface area contributed by atoms with Crippen LogP contribution in [0, 0.1) is 17.6 Å². The van der Waals surface area contributed by atoms with Gasteiger partial charge in [-0.1, -0.05) is 12.1 Å². The van der Waals surface area contributed by atoms with E-state index in [9.17, 15) is 18.4 Å². The van der Waals surface area contributed by atoms with E-state index in [0.29, 0.717) is 38.2 Å². The van der Waals surface area contributed by atoms with Gasteiger partial charge in [-0.2, -0.15) is 0 Å².